The van der Waals surface area contributed by atoms with Gasteiger partial charge in [0.1, 0.15) is 5.60 Å². The van der Waals surface area contributed by atoms with Gasteiger partial charge in [-0.1, -0.05) is 19.9 Å². The molecule has 1 unspecified atom stereocenters. The summed E-state index contributed by atoms with van der Waals surface area (Å²) in [7, 11) is 0. The molecule has 84 valence electrons. The van der Waals surface area contributed by atoms with Gasteiger partial charge in [0.05, 0.1) is 0 Å². The first-order valence-corrected chi connectivity index (χ1v) is 5.30. The Morgan fingerprint density at radius 1 is 1.47 bits per heavy atom. The smallest absolute Gasteiger partial charge is 0.101 e. The van der Waals surface area contributed by atoms with Gasteiger partial charge in [0.15, 0.2) is 0 Å². The number of hydrogen-bond acceptors (Lipinski definition) is 3. The van der Waals surface area contributed by atoms with E-state index >= 15 is 0 Å². The zero-order valence-electron chi connectivity index (χ0n) is 9.91. The molecule has 2 N–H and O–H groups in total. The van der Waals surface area contributed by atoms with Crippen LogP contribution in [0.5, 0.6) is 0 Å². The maximum atomic E-state index is 10.3. The van der Waals surface area contributed by atoms with Crippen molar-refractivity contribution in [2.75, 3.05) is 6.54 Å². The summed E-state index contributed by atoms with van der Waals surface area (Å²) in [5.41, 5.74) is 1.07. The fourth-order valence-electron chi connectivity index (χ4n) is 1.35. The molecule has 3 heteroatoms. The van der Waals surface area contributed by atoms with E-state index < -0.39 is 5.60 Å². The van der Waals surface area contributed by atoms with E-state index in [-0.39, 0.29) is 0 Å². The zero-order chi connectivity index (χ0) is 11.5. The van der Waals surface area contributed by atoms with Gasteiger partial charge < -0.3 is 10.4 Å². The van der Waals surface area contributed by atoms with Crippen molar-refractivity contribution >= 4 is 0 Å². The summed E-state index contributed by atoms with van der Waals surface area (Å²) in [5.74, 6) is 0. The summed E-state index contributed by atoms with van der Waals surface area (Å²) < 4.78 is 0. The predicted octanol–water partition coefficient (Wildman–Crippen LogP) is 1.60. The second kappa shape index (κ2) is 4.73. The van der Waals surface area contributed by atoms with Gasteiger partial charge in [-0.25, -0.2) is 0 Å². The highest BCUT2D eigenvalue weighted by molar-refractivity contribution is 5.22. The second-order valence-electron chi connectivity index (χ2n) is 4.56. The lowest BCUT2D eigenvalue weighted by molar-refractivity contribution is 0.0545. The first-order chi connectivity index (χ1) is 6.92. The van der Waals surface area contributed by atoms with Gasteiger partial charge in [-0.2, -0.15) is 0 Å². The molecule has 0 fully saturated rings. The van der Waals surface area contributed by atoms with Gasteiger partial charge in [-0.05, 0) is 19.4 Å². The molecule has 0 aliphatic carbocycles. The van der Waals surface area contributed by atoms with Crippen molar-refractivity contribution in [2.24, 2.45) is 0 Å². The lowest BCUT2D eigenvalue weighted by Crippen LogP contribution is -2.38. The summed E-state index contributed by atoms with van der Waals surface area (Å²) in [6, 6.07) is 2.34. The summed E-state index contributed by atoms with van der Waals surface area (Å²) >= 11 is 0. The van der Waals surface area contributed by atoms with Crippen LogP contribution in [0.25, 0.3) is 0 Å². The molecule has 1 aromatic heterocycles. The Morgan fingerprint density at radius 2 is 2.13 bits per heavy atom. The molecule has 0 aliphatic rings. The number of aryl methyl sites for hydroxylation is 1. The lowest BCUT2D eigenvalue weighted by Gasteiger charge is -2.25. The molecule has 1 rings (SSSR count). The van der Waals surface area contributed by atoms with E-state index in [4.69, 9.17) is 0 Å². The molecule has 1 aromatic rings. The molecule has 0 saturated heterocycles. The normalized spacial score (nSPS) is 15.3. The van der Waals surface area contributed by atoms with E-state index in [0.717, 1.165) is 11.1 Å². The number of nitrogens with zero attached hydrogens (tertiary/aromatic N) is 1. The standard InChI is InChI=1S/C12H20N2O/c1-9(2)14-8-12(4,15)11-5-10(3)6-13-7-11/h5-7,9,14-15H,8H2,1-4H3. The van der Waals surface area contributed by atoms with Crippen LogP contribution in [0.3, 0.4) is 0 Å². The highest BCUT2D eigenvalue weighted by atomic mass is 16.3. The molecule has 0 saturated carbocycles. The zero-order valence-corrected chi connectivity index (χ0v) is 9.91. The van der Waals surface area contributed by atoms with Gasteiger partial charge in [-0.15, -0.1) is 0 Å². The van der Waals surface area contributed by atoms with Crippen molar-refractivity contribution in [1.82, 2.24) is 10.3 Å². The highest BCUT2D eigenvalue weighted by Crippen LogP contribution is 2.19. The Kier molecular flexibility index (Phi) is 3.83. The third-order valence-electron chi connectivity index (χ3n) is 2.35. The third-order valence-corrected chi connectivity index (χ3v) is 2.35. The van der Waals surface area contributed by atoms with Crippen LogP contribution >= 0.6 is 0 Å². The van der Waals surface area contributed by atoms with Crippen LogP contribution in [0, 0.1) is 6.92 Å². The summed E-state index contributed by atoms with van der Waals surface area (Å²) in [5, 5.41) is 13.5. The van der Waals surface area contributed by atoms with Gasteiger partial charge in [0.25, 0.3) is 0 Å². The Morgan fingerprint density at radius 3 is 2.67 bits per heavy atom. The molecule has 1 atom stereocenters. The average Bonchev–Trinajstić information content (AvgIpc) is 2.15. The minimum atomic E-state index is -0.858. The van der Waals surface area contributed by atoms with Gasteiger partial charge >= 0.3 is 0 Å². The van der Waals surface area contributed by atoms with Crippen LogP contribution in [0.1, 0.15) is 31.9 Å². The molecule has 3 nitrogen and oxygen atoms in total. The fourth-order valence-corrected chi connectivity index (χ4v) is 1.35. The number of hydrogen-bond donors (Lipinski definition) is 2. The minimum Gasteiger partial charge on any atom is -0.384 e. The van der Waals surface area contributed by atoms with Crippen LogP contribution in [-0.2, 0) is 5.60 Å². The van der Waals surface area contributed by atoms with Crippen molar-refractivity contribution in [3.05, 3.63) is 29.6 Å². The third kappa shape index (κ3) is 3.61. The number of aliphatic hydroxyl groups is 1. The monoisotopic (exact) mass is 208 g/mol. The molecule has 0 aliphatic heterocycles. The van der Waals surface area contributed by atoms with Crippen molar-refractivity contribution in [3.8, 4) is 0 Å². The summed E-state index contributed by atoms with van der Waals surface area (Å²) in [6.45, 7) is 8.44. The van der Waals surface area contributed by atoms with Crippen molar-refractivity contribution in [1.29, 1.82) is 0 Å². The summed E-state index contributed by atoms with van der Waals surface area (Å²) in [4.78, 5) is 4.09. The van der Waals surface area contributed by atoms with Crippen LogP contribution < -0.4 is 5.32 Å². The molecule has 0 amide bonds. The maximum absolute atomic E-state index is 10.3. The number of rotatable bonds is 4. The topological polar surface area (TPSA) is 45.2 Å². The van der Waals surface area contributed by atoms with E-state index in [9.17, 15) is 5.11 Å². The van der Waals surface area contributed by atoms with E-state index in [1.165, 1.54) is 0 Å². The number of pyridine rings is 1. The Hall–Kier alpha value is -0.930. The van der Waals surface area contributed by atoms with Crippen LogP contribution in [0.15, 0.2) is 18.5 Å². The Balaban J connectivity index is 2.76. The average molecular weight is 208 g/mol. The molecule has 0 bridgehead atoms. The molecule has 0 radical (unpaired) electrons. The lowest BCUT2D eigenvalue weighted by atomic mass is 9.96. The van der Waals surface area contributed by atoms with Crippen LogP contribution in [-0.4, -0.2) is 22.7 Å². The van der Waals surface area contributed by atoms with Gasteiger partial charge in [0, 0.05) is 30.5 Å². The highest BCUT2D eigenvalue weighted by Gasteiger charge is 2.23. The van der Waals surface area contributed by atoms with Crippen molar-refractivity contribution < 1.29 is 5.11 Å². The fraction of sp³-hybridized carbons (Fsp3) is 0.583. The van der Waals surface area contributed by atoms with E-state index in [2.05, 4.69) is 24.1 Å². The second-order valence-corrected chi connectivity index (χ2v) is 4.56. The van der Waals surface area contributed by atoms with E-state index in [1.807, 2.05) is 13.0 Å². The molecular weight excluding hydrogens is 188 g/mol. The first kappa shape index (κ1) is 12.1. The molecule has 0 spiro atoms. The molecule has 0 aromatic carbocycles. The van der Waals surface area contributed by atoms with Gasteiger partial charge in [0.2, 0.25) is 0 Å². The predicted molar refractivity (Wildman–Crippen MR) is 61.7 cm³/mol. The van der Waals surface area contributed by atoms with Crippen molar-refractivity contribution in [3.63, 3.8) is 0 Å². The molecule has 1 heterocycles. The van der Waals surface area contributed by atoms with E-state index in [1.54, 1.807) is 19.3 Å². The van der Waals surface area contributed by atoms with Gasteiger partial charge in [-0.3, -0.25) is 4.98 Å². The first-order valence-electron chi connectivity index (χ1n) is 5.30. The quantitative estimate of drug-likeness (QED) is 0.790. The largest absolute Gasteiger partial charge is 0.384 e. The number of aromatic nitrogens is 1. The Labute approximate surface area is 91.5 Å². The molecular formula is C12H20N2O. The minimum absolute atomic E-state index is 0.370. The number of nitrogens with one attached hydrogen (secondary N) is 1. The maximum Gasteiger partial charge on any atom is 0.101 e. The molecule has 15 heavy (non-hydrogen) atoms. The van der Waals surface area contributed by atoms with Crippen LogP contribution in [0.2, 0.25) is 0 Å². The van der Waals surface area contributed by atoms with Crippen molar-refractivity contribution in [2.45, 2.75) is 39.3 Å². The summed E-state index contributed by atoms with van der Waals surface area (Å²) in [6.07, 6.45) is 3.50. The SMILES string of the molecule is Cc1cncc(C(C)(O)CNC(C)C)c1. The Bertz CT molecular complexity index is 321. The van der Waals surface area contributed by atoms with Crippen LogP contribution in [0.4, 0.5) is 0 Å². The van der Waals surface area contributed by atoms with E-state index in [0.29, 0.717) is 12.6 Å².